The summed E-state index contributed by atoms with van der Waals surface area (Å²) in [7, 11) is 0. The third-order valence-corrected chi connectivity index (χ3v) is 5.07. The number of nitrogens with one attached hydrogen (secondary N) is 1. The predicted octanol–water partition coefficient (Wildman–Crippen LogP) is 4.66. The number of hydrogen-bond acceptors (Lipinski definition) is 2. The zero-order valence-corrected chi connectivity index (χ0v) is 12.8. The zero-order valence-electron chi connectivity index (χ0n) is 12.8. The molecule has 0 bridgehead atoms. The van der Waals surface area contributed by atoms with Crippen molar-refractivity contribution < 1.29 is 4.42 Å². The molecule has 108 valence electrons. The van der Waals surface area contributed by atoms with Gasteiger partial charge in [0.25, 0.3) is 0 Å². The lowest BCUT2D eigenvalue weighted by Gasteiger charge is -2.32. The van der Waals surface area contributed by atoms with Gasteiger partial charge in [0.05, 0.1) is 0 Å². The Balaban J connectivity index is 1.70. The standard InChI is InChI=1S/C18H25NO/c1-12-8-9-15(10-13(12)2)19-11-17-14(3)20-18-7-5-4-6-16(17)18/h4-7,12-13,15,19H,8-11H2,1-3H3. The molecule has 0 aliphatic heterocycles. The quantitative estimate of drug-likeness (QED) is 0.878. The molecular weight excluding hydrogens is 246 g/mol. The number of fused-ring (bicyclic) bond motifs is 1. The third-order valence-electron chi connectivity index (χ3n) is 5.07. The number of hydrogen-bond donors (Lipinski definition) is 1. The minimum atomic E-state index is 0.661. The average molecular weight is 271 g/mol. The van der Waals surface area contributed by atoms with Crippen molar-refractivity contribution in [2.75, 3.05) is 0 Å². The molecule has 1 heterocycles. The molecule has 1 saturated carbocycles. The Kier molecular flexibility index (Phi) is 3.84. The molecule has 2 heteroatoms. The van der Waals surface area contributed by atoms with Gasteiger partial charge in [0.15, 0.2) is 0 Å². The van der Waals surface area contributed by atoms with Crippen LogP contribution in [0.1, 0.15) is 44.4 Å². The van der Waals surface area contributed by atoms with Gasteiger partial charge in [-0.15, -0.1) is 0 Å². The Morgan fingerprint density at radius 1 is 1.15 bits per heavy atom. The second-order valence-corrected chi connectivity index (χ2v) is 6.48. The largest absolute Gasteiger partial charge is 0.461 e. The molecule has 0 amide bonds. The molecule has 3 rings (SSSR count). The maximum Gasteiger partial charge on any atom is 0.134 e. The highest BCUT2D eigenvalue weighted by molar-refractivity contribution is 5.82. The van der Waals surface area contributed by atoms with Crippen LogP contribution >= 0.6 is 0 Å². The summed E-state index contributed by atoms with van der Waals surface area (Å²) >= 11 is 0. The number of benzene rings is 1. The Labute approximate surface area is 121 Å². The highest BCUT2D eigenvalue weighted by atomic mass is 16.3. The van der Waals surface area contributed by atoms with Crippen molar-refractivity contribution in [3.63, 3.8) is 0 Å². The van der Waals surface area contributed by atoms with Crippen molar-refractivity contribution in [1.82, 2.24) is 5.32 Å². The summed E-state index contributed by atoms with van der Waals surface area (Å²) < 4.78 is 5.84. The molecule has 1 aliphatic carbocycles. The van der Waals surface area contributed by atoms with Crippen LogP contribution in [0.4, 0.5) is 0 Å². The summed E-state index contributed by atoms with van der Waals surface area (Å²) in [5.41, 5.74) is 2.33. The molecule has 3 atom stereocenters. The first-order chi connectivity index (χ1) is 9.65. The molecule has 1 fully saturated rings. The van der Waals surface area contributed by atoms with Crippen molar-refractivity contribution in [3.05, 3.63) is 35.6 Å². The van der Waals surface area contributed by atoms with Gasteiger partial charge in [-0.1, -0.05) is 32.0 Å². The van der Waals surface area contributed by atoms with E-state index in [2.05, 4.69) is 44.3 Å². The highest BCUT2D eigenvalue weighted by Crippen LogP contribution is 2.30. The molecule has 1 aromatic heterocycles. The van der Waals surface area contributed by atoms with Crippen molar-refractivity contribution in [2.45, 2.75) is 52.6 Å². The van der Waals surface area contributed by atoms with Crippen LogP contribution in [-0.2, 0) is 6.54 Å². The summed E-state index contributed by atoms with van der Waals surface area (Å²) in [6, 6.07) is 9.00. The van der Waals surface area contributed by atoms with E-state index in [4.69, 9.17) is 4.42 Å². The van der Waals surface area contributed by atoms with Crippen LogP contribution < -0.4 is 5.32 Å². The van der Waals surface area contributed by atoms with E-state index in [1.807, 2.05) is 6.07 Å². The summed E-state index contributed by atoms with van der Waals surface area (Å²) in [5.74, 6) is 2.77. The van der Waals surface area contributed by atoms with Crippen LogP contribution in [0.25, 0.3) is 11.0 Å². The Bertz CT molecular complexity index is 586. The third kappa shape index (κ3) is 2.62. The number of rotatable bonds is 3. The van der Waals surface area contributed by atoms with Crippen molar-refractivity contribution in [1.29, 1.82) is 0 Å². The number of aryl methyl sites for hydroxylation is 1. The van der Waals surface area contributed by atoms with E-state index in [1.54, 1.807) is 0 Å². The van der Waals surface area contributed by atoms with Gasteiger partial charge < -0.3 is 9.73 Å². The summed E-state index contributed by atoms with van der Waals surface area (Å²) in [5, 5.41) is 5.01. The molecule has 2 nitrogen and oxygen atoms in total. The fourth-order valence-electron chi connectivity index (χ4n) is 3.42. The first kappa shape index (κ1) is 13.7. The lowest BCUT2D eigenvalue weighted by Crippen LogP contribution is -2.35. The van der Waals surface area contributed by atoms with E-state index in [9.17, 15) is 0 Å². The van der Waals surface area contributed by atoms with Gasteiger partial charge in [0, 0.05) is 23.5 Å². The van der Waals surface area contributed by atoms with Gasteiger partial charge in [-0.05, 0) is 44.1 Å². The molecule has 1 aromatic carbocycles. The molecule has 3 unspecified atom stereocenters. The van der Waals surface area contributed by atoms with E-state index in [1.165, 1.54) is 30.2 Å². The van der Waals surface area contributed by atoms with Gasteiger partial charge in [-0.25, -0.2) is 0 Å². The molecule has 1 N–H and O–H groups in total. The highest BCUT2D eigenvalue weighted by Gasteiger charge is 2.24. The van der Waals surface area contributed by atoms with Crippen molar-refractivity contribution in [2.24, 2.45) is 11.8 Å². The second-order valence-electron chi connectivity index (χ2n) is 6.48. The van der Waals surface area contributed by atoms with E-state index in [0.29, 0.717) is 6.04 Å². The molecule has 0 spiro atoms. The summed E-state index contributed by atoms with van der Waals surface area (Å²) in [6.07, 6.45) is 3.96. The van der Waals surface area contributed by atoms with Gasteiger partial charge in [0.2, 0.25) is 0 Å². The summed E-state index contributed by atoms with van der Waals surface area (Å²) in [6.45, 7) is 7.77. The zero-order chi connectivity index (χ0) is 14.1. The number of para-hydroxylation sites is 1. The first-order valence-corrected chi connectivity index (χ1v) is 7.85. The van der Waals surface area contributed by atoms with Crippen molar-refractivity contribution >= 4 is 11.0 Å². The van der Waals surface area contributed by atoms with Crippen LogP contribution in [0.2, 0.25) is 0 Å². The normalized spacial score (nSPS) is 27.1. The molecular formula is C18H25NO. The second kappa shape index (κ2) is 5.61. The van der Waals surface area contributed by atoms with E-state index >= 15 is 0 Å². The van der Waals surface area contributed by atoms with Gasteiger partial charge in [-0.3, -0.25) is 0 Å². The Hall–Kier alpha value is -1.28. The number of furan rings is 1. The SMILES string of the molecule is Cc1oc2ccccc2c1CNC1CCC(C)C(C)C1. The lowest BCUT2D eigenvalue weighted by molar-refractivity contribution is 0.225. The van der Waals surface area contributed by atoms with E-state index in [-0.39, 0.29) is 0 Å². The summed E-state index contributed by atoms with van der Waals surface area (Å²) in [4.78, 5) is 0. The molecule has 1 aliphatic rings. The predicted molar refractivity (Wildman–Crippen MR) is 83.8 cm³/mol. The molecule has 0 saturated heterocycles. The van der Waals surface area contributed by atoms with Crippen LogP contribution in [0.3, 0.4) is 0 Å². The van der Waals surface area contributed by atoms with Gasteiger partial charge in [0.1, 0.15) is 11.3 Å². The van der Waals surface area contributed by atoms with E-state index in [0.717, 1.165) is 29.7 Å². The Morgan fingerprint density at radius 3 is 2.75 bits per heavy atom. The van der Waals surface area contributed by atoms with Crippen LogP contribution in [0.15, 0.2) is 28.7 Å². The molecule has 2 aromatic rings. The topological polar surface area (TPSA) is 25.2 Å². The maximum absolute atomic E-state index is 5.84. The smallest absolute Gasteiger partial charge is 0.134 e. The Morgan fingerprint density at radius 2 is 1.95 bits per heavy atom. The molecule has 20 heavy (non-hydrogen) atoms. The van der Waals surface area contributed by atoms with E-state index < -0.39 is 0 Å². The van der Waals surface area contributed by atoms with Crippen molar-refractivity contribution in [3.8, 4) is 0 Å². The van der Waals surface area contributed by atoms with Crippen LogP contribution in [0, 0.1) is 18.8 Å². The van der Waals surface area contributed by atoms with Gasteiger partial charge >= 0.3 is 0 Å². The fourth-order valence-corrected chi connectivity index (χ4v) is 3.42. The minimum Gasteiger partial charge on any atom is -0.461 e. The monoisotopic (exact) mass is 271 g/mol. The fraction of sp³-hybridized carbons (Fsp3) is 0.556. The average Bonchev–Trinajstić information content (AvgIpc) is 2.76. The minimum absolute atomic E-state index is 0.661. The van der Waals surface area contributed by atoms with Crippen LogP contribution in [-0.4, -0.2) is 6.04 Å². The lowest BCUT2D eigenvalue weighted by atomic mass is 9.79. The van der Waals surface area contributed by atoms with Crippen LogP contribution in [0.5, 0.6) is 0 Å². The van der Waals surface area contributed by atoms with Gasteiger partial charge in [-0.2, -0.15) is 0 Å². The molecule has 0 radical (unpaired) electrons. The first-order valence-electron chi connectivity index (χ1n) is 7.85. The maximum atomic E-state index is 5.84.